The van der Waals surface area contributed by atoms with Crippen molar-refractivity contribution >= 4 is 11.5 Å². The number of nitrogens with one attached hydrogen (secondary N) is 2. The number of nitriles is 1. The van der Waals surface area contributed by atoms with Crippen LogP contribution in [0.3, 0.4) is 0 Å². The molecule has 3 heterocycles. The molecule has 2 bridgehead atoms. The molecule has 0 radical (unpaired) electrons. The van der Waals surface area contributed by atoms with Gasteiger partial charge in [0.15, 0.2) is 0 Å². The van der Waals surface area contributed by atoms with Crippen LogP contribution in [0.15, 0.2) is 30.6 Å². The fraction of sp³-hybridized carbons (Fsp3) is 0.389. The van der Waals surface area contributed by atoms with Crippen LogP contribution >= 0.6 is 0 Å². The molecular weight excluding hydrogens is 318 g/mol. The highest BCUT2D eigenvalue weighted by atomic mass is 16.5. The summed E-state index contributed by atoms with van der Waals surface area (Å²) in [4.78, 5) is 8.59. The van der Waals surface area contributed by atoms with E-state index in [1.165, 1.54) is 6.33 Å². The SMILES string of the molecule is Cc1c(Nc2ccccc2C#N)ncnc1OC1CC2COCC1N2. The van der Waals surface area contributed by atoms with Gasteiger partial charge in [0.25, 0.3) is 0 Å². The number of hydrogen-bond donors (Lipinski definition) is 2. The fourth-order valence-electron chi connectivity index (χ4n) is 3.30. The van der Waals surface area contributed by atoms with Gasteiger partial charge in [-0.25, -0.2) is 9.97 Å². The maximum atomic E-state index is 9.23. The second kappa shape index (κ2) is 6.67. The summed E-state index contributed by atoms with van der Waals surface area (Å²) in [6.07, 6.45) is 2.43. The lowest BCUT2D eigenvalue weighted by atomic mass is 10.1. The molecule has 2 fully saturated rings. The number of morpholine rings is 1. The van der Waals surface area contributed by atoms with Crippen LogP contribution < -0.4 is 15.4 Å². The first-order valence-corrected chi connectivity index (χ1v) is 8.33. The Kier molecular flexibility index (Phi) is 4.22. The molecule has 1 aromatic heterocycles. The first-order chi connectivity index (χ1) is 12.2. The summed E-state index contributed by atoms with van der Waals surface area (Å²) in [5.74, 6) is 1.20. The highest BCUT2D eigenvalue weighted by Gasteiger charge is 2.39. The monoisotopic (exact) mass is 337 g/mol. The Morgan fingerprint density at radius 1 is 1.32 bits per heavy atom. The van der Waals surface area contributed by atoms with Crippen molar-refractivity contribution < 1.29 is 9.47 Å². The van der Waals surface area contributed by atoms with Gasteiger partial charge in [-0.3, -0.25) is 0 Å². The normalized spacial score (nSPS) is 24.6. The lowest BCUT2D eigenvalue weighted by Gasteiger charge is -2.23. The van der Waals surface area contributed by atoms with E-state index in [0.717, 1.165) is 18.6 Å². The van der Waals surface area contributed by atoms with Gasteiger partial charge in [-0.15, -0.1) is 0 Å². The molecule has 7 nitrogen and oxygen atoms in total. The predicted octanol–water partition coefficient (Wildman–Crippen LogP) is 1.91. The lowest BCUT2D eigenvalue weighted by molar-refractivity contribution is 0.0564. The Balaban J connectivity index is 1.55. The Bertz CT molecular complexity index is 819. The minimum Gasteiger partial charge on any atom is -0.472 e. The zero-order chi connectivity index (χ0) is 17.2. The van der Waals surface area contributed by atoms with Crippen molar-refractivity contribution in [2.75, 3.05) is 18.5 Å². The van der Waals surface area contributed by atoms with E-state index < -0.39 is 0 Å². The van der Waals surface area contributed by atoms with Crippen LogP contribution in [-0.4, -0.2) is 41.4 Å². The number of nitrogens with zero attached hydrogens (tertiary/aromatic N) is 3. The van der Waals surface area contributed by atoms with Gasteiger partial charge in [0, 0.05) is 12.5 Å². The molecule has 7 heteroatoms. The molecule has 0 spiro atoms. The summed E-state index contributed by atoms with van der Waals surface area (Å²) in [5, 5.41) is 15.9. The Morgan fingerprint density at radius 3 is 3.04 bits per heavy atom. The van der Waals surface area contributed by atoms with Crippen LogP contribution in [0.25, 0.3) is 0 Å². The molecule has 25 heavy (non-hydrogen) atoms. The van der Waals surface area contributed by atoms with Crippen molar-refractivity contribution in [3.8, 4) is 11.9 Å². The summed E-state index contributed by atoms with van der Waals surface area (Å²) in [7, 11) is 0. The Morgan fingerprint density at radius 2 is 2.20 bits per heavy atom. The molecule has 2 aliphatic rings. The van der Waals surface area contributed by atoms with Crippen molar-refractivity contribution in [3.05, 3.63) is 41.7 Å². The second-order valence-corrected chi connectivity index (χ2v) is 6.33. The molecule has 2 N–H and O–H groups in total. The molecule has 2 aromatic rings. The topological polar surface area (TPSA) is 92.1 Å². The van der Waals surface area contributed by atoms with Crippen molar-refractivity contribution in [1.29, 1.82) is 5.26 Å². The van der Waals surface area contributed by atoms with Crippen molar-refractivity contribution in [3.63, 3.8) is 0 Å². The quantitative estimate of drug-likeness (QED) is 0.880. The van der Waals surface area contributed by atoms with Crippen LogP contribution in [0.2, 0.25) is 0 Å². The number of anilines is 2. The van der Waals surface area contributed by atoms with E-state index in [4.69, 9.17) is 9.47 Å². The largest absolute Gasteiger partial charge is 0.472 e. The van der Waals surface area contributed by atoms with Gasteiger partial charge in [0.2, 0.25) is 5.88 Å². The number of hydrogen-bond acceptors (Lipinski definition) is 7. The number of para-hydroxylation sites is 1. The number of aromatic nitrogens is 2. The number of benzene rings is 1. The van der Waals surface area contributed by atoms with Gasteiger partial charge in [-0.1, -0.05) is 12.1 Å². The third-order valence-corrected chi connectivity index (χ3v) is 4.63. The first kappa shape index (κ1) is 15.8. The number of ether oxygens (including phenoxy) is 2. The maximum absolute atomic E-state index is 9.23. The number of rotatable bonds is 4. The van der Waals surface area contributed by atoms with Crippen molar-refractivity contribution in [1.82, 2.24) is 15.3 Å². The average molecular weight is 337 g/mol. The van der Waals surface area contributed by atoms with Gasteiger partial charge in [-0.05, 0) is 19.1 Å². The third-order valence-electron chi connectivity index (χ3n) is 4.63. The lowest BCUT2D eigenvalue weighted by Crippen LogP contribution is -2.45. The molecule has 3 unspecified atom stereocenters. The molecule has 0 amide bonds. The molecule has 128 valence electrons. The Labute approximate surface area is 146 Å². The van der Waals surface area contributed by atoms with Crippen LogP contribution in [0.4, 0.5) is 11.5 Å². The molecule has 1 aromatic carbocycles. The van der Waals surface area contributed by atoms with Gasteiger partial charge in [0.1, 0.15) is 24.3 Å². The van der Waals surface area contributed by atoms with Crippen LogP contribution in [0.1, 0.15) is 17.5 Å². The molecule has 0 aliphatic carbocycles. The molecule has 0 saturated carbocycles. The van der Waals surface area contributed by atoms with E-state index in [-0.39, 0.29) is 12.1 Å². The van der Waals surface area contributed by atoms with Gasteiger partial charge in [0.05, 0.1) is 36.1 Å². The summed E-state index contributed by atoms with van der Waals surface area (Å²) >= 11 is 0. The van der Waals surface area contributed by atoms with E-state index in [2.05, 4.69) is 26.7 Å². The molecule has 2 aliphatic heterocycles. The minimum absolute atomic E-state index is 0.0420. The summed E-state index contributed by atoms with van der Waals surface area (Å²) in [6.45, 7) is 3.31. The molecule has 3 atom stereocenters. The molecular formula is C18H19N5O2. The summed E-state index contributed by atoms with van der Waals surface area (Å²) in [6, 6.07) is 10.0. The van der Waals surface area contributed by atoms with E-state index >= 15 is 0 Å². The zero-order valence-electron chi connectivity index (χ0n) is 13.9. The summed E-state index contributed by atoms with van der Waals surface area (Å²) in [5.41, 5.74) is 2.09. The zero-order valence-corrected chi connectivity index (χ0v) is 13.9. The van der Waals surface area contributed by atoms with Gasteiger partial charge >= 0.3 is 0 Å². The molecule has 2 saturated heterocycles. The van der Waals surface area contributed by atoms with E-state index in [1.807, 2.05) is 25.1 Å². The Hall–Kier alpha value is -2.69. The van der Waals surface area contributed by atoms with Crippen LogP contribution in [-0.2, 0) is 4.74 Å². The highest BCUT2D eigenvalue weighted by Crippen LogP contribution is 2.29. The smallest absolute Gasteiger partial charge is 0.221 e. The standard InChI is InChI=1S/C18H19N5O2/c1-11-17(23-14-5-3-2-4-12(14)7-19)20-10-21-18(11)25-16-6-13-8-24-9-15(16)22-13/h2-5,10,13,15-16,22H,6,8-9H2,1H3,(H,20,21,23). The van der Waals surface area contributed by atoms with Crippen molar-refractivity contribution in [2.24, 2.45) is 0 Å². The van der Waals surface area contributed by atoms with E-state index in [0.29, 0.717) is 35.6 Å². The van der Waals surface area contributed by atoms with E-state index in [1.54, 1.807) is 6.07 Å². The third kappa shape index (κ3) is 3.14. The average Bonchev–Trinajstić information content (AvgIpc) is 2.91. The van der Waals surface area contributed by atoms with Crippen LogP contribution in [0, 0.1) is 18.3 Å². The first-order valence-electron chi connectivity index (χ1n) is 8.33. The fourth-order valence-corrected chi connectivity index (χ4v) is 3.30. The van der Waals surface area contributed by atoms with E-state index in [9.17, 15) is 5.26 Å². The second-order valence-electron chi connectivity index (χ2n) is 6.33. The maximum Gasteiger partial charge on any atom is 0.221 e. The van der Waals surface area contributed by atoms with Gasteiger partial charge < -0.3 is 20.1 Å². The predicted molar refractivity (Wildman–Crippen MR) is 91.8 cm³/mol. The van der Waals surface area contributed by atoms with Crippen molar-refractivity contribution in [2.45, 2.75) is 31.5 Å². The highest BCUT2D eigenvalue weighted by molar-refractivity contribution is 5.66. The van der Waals surface area contributed by atoms with Crippen LogP contribution in [0.5, 0.6) is 5.88 Å². The minimum atomic E-state index is 0.0420. The summed E-state index contributed by atoms with van der Waals surface area (Å²) < 4.78 is 11.7. The number of fused-ring (bicyclic) bond motifs is 2. The van der Waals surface area contributed by atoms with Gasteiger partial charge in [-0.2, -0.15) is 5.26 Å². The molecule has 4 rings (SSSR count).